The van der Waals surface area contributed by atoms with Crippen molar-refractivity contribution in [1.29, 1.82) is 0 Å². The zero-order valence-corrected chi connectivity index (χ0v) is 29.5. The summed E-state index contributed by atoms with van der Waals surface area (Å²) < 4.78 is 0. The van der Waals surface area contributed by atoms with Crippen LogP contribution >= 0.6 is 0 Å². The Morgan fingerprint density at radius 1 is 0.500 bits per heavy atom. The summed E-state index contributed by atoms with van der Waals surface area (Å²) in [6, 6.07) is 44.0. The molecule has 3 heteroatoms. The molecule has 4 atom stereocenters. The number of nitrogens with zero attached hydrogens (tertiary/aromatic N) is 2. The second kappa shape index (κ2) is 15.8. The summed E-state index contributed by atoms with van der Waals surface area (Å²) in [6.07, 6.45) is 3.18. The Morgan fingerprint density at radius 3 is 0.935 bits per heavy atom. The van der Waals surface area contributed by atoms with E-state index in [1.54, 1.807) is 0 Å². The lowest BCUT2D eigenvalue weighted by Gasteiger charge is -2.49. The van der Waals surface area contributed by atoms with Crippen LogP contribution in [0, 0.1) is 11.8 Å². The first-order valence-electron chi connectivity index (χ1n) is 17.2. The van der Waals surface area contributed by atoms with Gasteiger partial charge in [0.15, 0.2) is 0 Å². The van der Waals surface area contributed by atoms with E-state index in [0.29, 0.717) is 5.78 Å². The average molecular weight is 617 g/mol. The van der Waals surface area contributed by atoms with Crippen LogP contribution in [0.1, 0.15) is 75.6 Å². The minimum Gasteiger partial charge on any atom is -0.307 e. The molecule has 0 saturated heterocycles. The van der Waals surface area contributed by atoms with Crippen LogP contribution in [-0.4, -0.2) is 55.9 Å². The van der Waals surface area contributed by atoms with Crippen molar-refractivity contribution in [3.8, 4) is 0 Å². The molecule has 0 spiro atoms. The van der Waals surface area contributed by atoms with E-state index in [9.17, 15) is 0 Å². The molecule has 0 bridgehead atoms. The summed E-state index contributed by atoms with van der Waals surface area (Å²) in [4.78, 5) is 20.6. The van der Waals surface area contributed by atoms with Gasteiger partial charge in [-0.05, 0) is 90.0 Å². The first kappa shape index (κ1) is 35.3. The quantitative estimate of drug-likeness (QED) is 0.125. The van der Waals surface area contributed by atoms with E-state index in [0.717, 1.165) is 25.7 Å². The van der Waals surface area contributed by atoms with E-state index in [-0.39, 0.29) is 23.9 Å². The maximum atomic E-state index is 16.0. The van der Waals surface area contributed by atoms with Crippen LogP contribution in [-0.2, 0) is 15.6 Å². The van der Waals surface area contributed by atoms with E-state index >= 15 is 4.79 Å². The van der Waals surface area contributed by atoms with E-state index in [1.165, 1.54) is 22.3 Å². The van der Waals surface area contributed by atoms with Crippen molar-refractivity contribution < 1.29 is 4.79 Å². The number of benzene rings is 4. The van der Waals surface area contributed by atoms with Crippen LogP contribution in [0.3, 0.4) is 0 Å². The molecule has 0 saturated carbocycles. The molecule has 0 fully saturated rings. The van der Waals surface area contributed by atoms with Crippen LogP contribution in [0.4, 0.5) is 0 Å². The Kier molecular flexibility index (Phi) is 12.2. The molecule has 0 aromatic heterocycles. The fourth-order valence-corrected chi connectivity index (χ4v) is 7.96. The molecule has 0 amide bonds. The number of Topliss-reactive ketones (excluding diaryl/α,β-unsaturated/α-hetero) is 1. The van der Waals surface area contributed by atoms with Gasteiger partial charge in [0.05, 0.1) is 0 Å². The van der Waals surface area contributed by atoms with Gasteiger partial charge in [-0.1, -0.05) is 135 Å². The molecule has 0 heterocycles. The molecule has 0 aliphatic rings. The minimum atomic E-state index is -0.502. The third kappa shape index (κ3) is 7.06. The van der Waals surface area contributed by atoms with E-state index in [2.05, 4.69) is 187 Å². The zero-order valence-electron chi connectivity index (χ0n) is 29.5. The Labute approximate surface area is 279 Å². The van der Waals surface area contributed by atoms with E-state index in [1.807, 2.05) is 0 Å². The molecule has 4 aromatic rings. The van der Waals surface area contributed by atoms with Crippen molar-refractivity contribution in [3.05, 3.63) is 144 Å². The fraction of sp³-hybridized carbons (Fsp3) is 0.419. The van der Waals surface area contributed by atoms with Gasteiger partial charge in [0.2, 0.25) is 0 Å². The maximum Gasteiger partial charge on any atom is 0.141 e. The van der Waals surface area contributed by atoms with E-state index in [4.69, 9.17) is 0 Å². The van der Waals surface area contributed by atoms with Gasteiger partial charge in [0, 0.05) is 34.7 Å². The highest BCUT2D eigenvalue weighted by Gasteiger charge is 2.52. The van der Waals surface area contributed by atoms with Crippen LogP contribution in [0.15, 0.2) is 121 Å². The van der Waals surface area contributed by atoms with Gasteiger partial charge in [-0.3, -0.25) is 4.79 Å². The van der Waals surface area contributed by atoms with Crippen molar-refractivity contribution in [2.45, 2.75) is 76.3 Å². The summed E-state index contributed by atoms with van der Waals surface area (Å²) in [6.45, 7) is 9.05. The molecule has 0 N–H and O–H groups in total. The molecule has 4 aromatic carbocycles. The first-order chi connectivity index (χ1) is 22.1. The van der Waals surface area contributed by atoms with Gasteiger partial charge >= 0.3 is 0 Å². The number of carbonyl (C=O) groups excluding carboxylic acids is 1. The SMILES string of the molecule is CCC(C(=O)C(CC)C(CC(C)N(C)C)(c1ccccc1)c1ccccc1)C(CC(C)N(C)C)(c1ccccc1)c1ccccc1. The third-order valence-electron chi connectivity index (χ3n) is 10.8. The van der Waals surface area contributed by atoms with Crippen molar-refractivity contribution in [2.75, 3.05) is 28.2 Å². The highest BCUT2D eigenvalue weighted by molar-refractivity contribution is 5.88. The number of rotatable bonds is 16. The second-order valence-electron chi connectivity index (χ2n) is 13.8. The number of ketones is 1. The predicted molar refractivity (Wildman–Crippen MR) is 195 cm³/mol. The molecular formula is C43H56N2O. The lowest BCUT2D eigenvalue weighted by Crippen LogP contribution is -2.52. The Morgan fingerprint density at radius 2 is 0.739 bits per heavy atom. The highest BCUT2D eigenvalue weighted by atomic mass is 16.1. The molecule has 244 valence electrons. The Hall–Kier alpha value is -3.53. The van der Waals surface area contributed by atoms with E-state index < -0.39 is 10.8 Å². The highest BCUT2D eigenvalue weighted by Crippen LogP contribution is 2.52. The van der Waals surface area contributed by atoms with Crippen molar-refractivity contribution >= 4 is 5.78 Å². The molecule has 4 rings (SSSR count). The van der Waals surface area contributed by atoms with Crippen LogP contribution in [0.25, 0.3) is 0 Å². The molecule has 46 heavy (non-hydrogen) atoms. The topological polar surface area (TPSA) is 23.6 Å². The Bertz CT molecular complexity index is 1270. The Balaban J connectivity index is 2.05. The number of carbonyl (C=O) groups is 1. The van der Waals surface area contributed by atoms with Gasteiger partial charge in [0.25, 0.3) is 0 Å². The standard InChI is InChI=1S/C43H56N2O/c1-9-39(42(31-33(3)44(5)6,35-23-15-11-16-24-35)36-25-17-12-18-26-36)41(46)40(10-2)43(32-34(4)45(7)8,37-27-19-13-20-28-37)38-29-21-14-22-30-38/h11-30,33-34,39-40H,9-10,31-32H2,1-8H3. The van der Waals surface area contributed by atoms with Gasteiger partial charge in [-0.25, -0.2) is 0 Å². The molecule has 0 aliphatic heterocycles. The summed E-state index contributed by atoms with van der Waals surface area (Å²) in [5.74, 6) is -0.0976. The third-order valence-corrected chi connectivity index (χ3v) is 10.8. The van der Waals surface area contributed by atoms with Gasteiger partial charge in [-0.15, -0.1) is 0 Å². The largest absolute Gasteiger partial charge is 0.307 e. The number of hydrogen-bond acceptors (Lipinski definition) is 3. The zero-order chi connectivity index (χ0) is 33.3. The maximum absolute atomic E-state index is 16.0. The molecule has 4 unspecified atom stereocenters. The van der Waals surface area contributed by atoms with Gasteiger partial charge in [0.1, 0.15) is 5.78 Å². The molecule has 3 nitrogen and oxygen atoms in total. The molecular weight excluding hydrogens is 560 g/mol. The summed E-state index contributed by atoms with van der Waals surface area (Å²) >= 11 is 0. The lowest BCUT2D eigenvalue weighted by atomic mass is 9.54. The van der Waals surface area contributed by atoms with Crippen molar-refractivity contribution in [1.82, 2.24) is 9.80 Å². The normalized spacial score (nSPS) is 15.0. The van der Waals surface area contributed by atoms with Gasteiger partial charge < -0.3 is 9.80 Å². The smallest absolute Gasteiger partial charge is 0.141 e. The number of hydrogen-bond donors (Lipinski definition) is 0. The predicted octanol–water partition coefficient (Wildman–Crippen LogP) is 9.26. The monoisotopic (exact) mass is 616 g/mol. The molecule has 0 radical (unpaired) electrons. The minimum absolute atomic E-state index is 0.230. The van der Waals surface area contributed by atoms with Crippen LogP contribution in [0.5, 0.6) is 0 Å². The summed E-state index contributed by atoms with van der Waals surface area (Å²) in [5, 5.41) is 0. The van der Waals surface area contributed by atoms with Crippen molar-refractivity contribution in [3.63, 3.8) is 0 Å². The first-order valence-corrected chi connectivity index (χ1v) is 17.2. The van der Waals surface area contributed by atoms with Crippen molar-refractivity contribution in [2.24, 2.45) is 11.8 Å². The summed E-state index contributed by atoms with van der Waals surface area (Å²) in [5.41, 5.74) is 3.87. The average Bonchev–Trinajstić information content (AvgIpc) is 3.09. The van der Waals surface area contributed by atoms with Crippen LogP contribution < -0.4 is 0 Å². The summed E-state index contributed by atoms with van der Waals surface area (Å²) in [7, 11) is 8.62. The second-order valence-corrected chi connectivity index (χ2v) is 13.8. The lowest BCUT2D eigenvalue weighted by molar-refractivity contribution is -0.131. The van der Waals surface area contributed by atoms with Crippen LogP contribution in [0.2, 0.25) is 0 Å². The van der Waals surface area contributed by atoms with Gasteiger partial charge in [-0.2, -0.15) is 0 Å². The molecule has 0 aliphatic carbocycles. The fourth-order valence-electron chi connectivity index (χ4n) is 7.96.